The van der Waals surface area contributed by atoms with Crippen LogP contribution in [0.15, 0.2) is 35.5 Å². The summed E-state index contributed by atoms with van der Waals surface area (Å²) in [4.78, 5) is 25.4. The quantitative estimate of drug-likeness (QED) is 0.631. The number of aryl methyl sites for hydroxylation is 1. The first-order valence-electron chi connectivity index (χ1n) is 8.09. The SMILES string of the molecule is Cc1nnc(SCCN2C(=O)NC(C)(C)C2=O)n1Cc1ccccc1. The highest BCUT2D eigenvalue weighted by atomic mass is 32.2. The van der Waals surface area contributed by atoms with E-state index in [2.05, 4.69) is 27.6 Å². The Morgan fingerprint density at radius 1 is 1.16 bits per heavy atom. The average molecular weight is 359 g/mol. The molecule has 1 aliphatic heterocycles. The van der Waals surface area contributed by atoms with Crippen molar-refractivity contribution in [1.82, 2.24) is 25.0 Å². The number of thioether (sulfide) groups is 1. The van der Waals surface area contributed by atoms with Crippen LogP contribution in [0.2, 0.25) is 0 Å². The Morgan fingerprint density at radius 3 is 2.52 bits per heavy atom. The predicted molar refractivity (Wildman–Crippen MR) is 95.4 cm³/mol. The van der Waals surface area contributed by atoms with Gasteiger partial charge >= 0.3 is 6.03 Å². The highest BCUT2D eigenvalue weighted by Crippen LogP contribution is 2.21. The van der Waals surface area contributed by atoms with Crippen LogP contribution in [-0.2, 0) is 11.3 Å². The van der Waals surface area contributed by atoms with Crippen molar-refractivity contribution in [2.24, 2.45) is 0 Å². The van der Waals surface area contributed by atoms with Gasteiger partial charge in [0.1, 0.15) is 11.4 Å². The number of nitrogens with zero attached hydrogens (tertiary/aromatic N) is 4. The summed E-state index contributed by atoms with van der Waals surface area (Å²) in [5.74, 6) is 1.21. The molecule has 0 aliphatic carbocycles. The van der Waals surface area contributed by atoms with Crippen LogP contribution in [0.25, 0.3) is 0 Å². The molecule has 0 atom stereocenters. The van der Waals surface area contributed by atoms with E-state index in [1.54, 1.807) is 13.8 Å². The molecule has 1 fully saturated rings. The number of imide groups is 1. The van der Waals surface area contributed by atoms with Gasteiger partial charge in [-0.2, -0.15) is 0 Å². The summed E-state index contributed by atoms with van der Waals surface area (Å²) in [6.07, 6.45) is 0. The van der Waals surface area contributed by atoms with Crippen LogP contribution >= 0.6 is 11.8 Å². The normalized spacial score (nSPS) is 16.4. The molecule has 25 heavy (non-hydrogen) atoms. The highest BCUT2D eigenvalue weighted by Gasteiger charge is 2.43. The van der Waals surface area contributed by atoms with Gasteiger partial charge in [0, 0.05) is 12.3 Å². The smallest absolute Gasteiger partial charge is 0.324 e. The van der Waals surface area contributed by atoms with Gasteiger partial charge in [-0.05, 0) is 26.3 Å². The maximum absolute atomic E-state index is 12.2. The summed E-state index contributed by atoms with van der Waals surface area (Å²) < 4.78 is 2.04. The second-order valence-corrected chi connectivity index (χ2v) is 7.52. The fraction of sp³-hybridized carbons (Fsp3) is 0.412. The number of carbonyl (C=O) groups excluding carboxylic acids is 2. The number of nitrogens with one attached hydrogen (secondary N) is 1. The first kappa shape index (κ1) is 17.5. The first-order chi connectivity index (χ1) is 11.9. The molecule has 1 saturated heterocycles. The first-order valence-corrected chi connectivity index (χ1v) is 9.07. The molecule has 0 saturated carbocycles. The lowest BCUT2D eigenvalue weighted by molar-refractivity contribution is -0.130. The van der Waals surface area contributed by atoms with Gasteiger partial charge in [-0.15, -0.1) is 10.2 Å². The van der Waals surface area contributed by atoms with E-state index in [1.165, 1.54) is 22.2 Å². The van der Waals surface area contributed by atoms with Crippen molar-refractivity contribution < 1.29 is 9.59 Å². The van der Waals surface area contributed by atoms with Gasteiger partial charge in [0.2, 0.25) is 0 Å². The number of aromatic nitrogens is 3. The molecule has 1 aromatic heterocycles. The minimum atomic E-state index is -0.828. The summed E-state index contributed by atoms with van der Waals surface area (Å²) in [7, 11) is 0. The van der Waals surface area contributed by atoms with Crippen LogP contribution in [0.4, 0.5) is 4.79 Å². The van der Waals surface area contributed by atoms with Crippen LogP contribution in [0, 0.1) is 6.92 Å². The molecule has 2 heterocycles. The lowest BCUT2D eigenvalue weighted by atomic mass is 10.1. The Hall–Kier alpha value is -2.35. The number of urea groups is 1. The lowest BCUT2D eigenvalue weighted by Gasteiger charge is -2.15. The van der Waals surface area contributed by atoms with Crippen molar-refractivity contribution in [2.45, 2.75) is 38.0 Å². The molecule has 0 radical (unpaired) electrons. The summed E-state index contributed by atoms with van der Waals surface area (Å²) in [5.41, 5.74) is 0.342. The number of carbonyl (C=O) groups is 2. The Kier molecular flexibility index (Phi) is 4.80. The van der Waals surface area contributed by atoms with Crippen molar-refractivity contribution in [1.29, 1.82) is 0 Å². The number of amides is 3. The number of benzene rings is 1. The molecule has 0 unspecified atom stereocenters. The highest BCUT2D eigenvalue weighted by molar-refractivity contribution is 7.99. The topological polar surface area (TPSA) is 80.1 Å². The van der Waals surface area contributed by atoms with Crippen molar-refractivity contribution in [3.8, 4) is 0 Å². The van der Waals surface area contributed by atoms with E-state index in [4.69, 9.17) is 0 Å². The summed E-state index contributed by atoms with van der Waals surface area (Å²) in [6, 6.07) is 9.77. The van der Waals surface area contributed by atoms with Gasteiger partial charge in [0.05, 0.1) is 6.54 Å². The fourth-order valence-electron chi connectivity index (χ4n) is 2.67. The largest absolute Gasteiger partial charge is 0.325 e. The van der Waals surface area contributed by atoms with E-state index >= 15 is 0 Å². The molecule has 7 nitrogen and oxygen atoms in total. The van der Waals surface area contributed by atoms with Gasteiger partial charge in [0.15, 0.2) is 5.16 Å². The number of hydrogen-bond acceptors (Lipinski definition) is 5. The fourth-order valence-corrected chi connectivity index (χ4v) is 3.57. The van der Waals surface area contributed by atoms with Crippen molar-refractivity contribution in [3.05, 3.63) is 41.7 Å². The van der Waals surface area contributed by atoms with E-state index in [0.717, 1.165) is 11.0 Å². The predicted octanol–water partition coefficient (Wildman–Crippen LogP) is 2.06. The van der Waals surface area contributed by atoms with Crippen LogP contribution in [0.5, 0.6) is 0 Å². The van der Waals surface area contributed by atoms with Gasteiger partial charge in [0.25, 0.3) is 5.91 Å². The molecular weight excluding hydrogens is 338 g/mol. The van der Waals surface area contributed by atoms with Gasteiger partial charge < -0.3 is 9.88 Å². The number of hydrogen-bond donors (Lipinski definition) is 1. The van der Waals surface area contributed by atoms with E-state index < -0.39 is 5.54 Å². The third-order valence-corrected chi connectivity index (χ3v) is 5.02. The second-order valence-electron chi connectivity index (χ2n) is 6.46. The average Bonchev–Trinajstić information content (AvgIpc) is 3.00. The third-order valence-electron chi connectivity index (χ3n) is 4.08. The summed E-state index contributed by atoms with van der Waals surface area (Å²) in [6.45, 7) is 6.37. The second kappa shape index (κ2) is 6.87. The molecule has 3 amide bonds. The molecule has 2 aromatic rings. The Bertz CT molecular complexity index is 788. The monoisotopic (exact) mass is 359 g/mol. The van der Waals surface area contributed by atoms with Crippen molar-refractivity contribution in [2.75, 3.05) is 12.3 Å². The zero-order valence-corrected chi connectivity index (χ0v) is 15.3. The lowest BCUT2D eigenvalue weighted by Crippen LogP contribution is -2.40. The molecule has 1 N–H and O–H groups in total. The Labute approximate surface area is 150 Å². The molecule has 132 valence electrons. The van der Waals surface area contributed by atoms with Gasteiger partial charge in [-0.3, -0.25) is 9.69 Å². The van der Waals surface area contributed by atoms with Crippen LogP contribution in [0.1, 0.15) is 25.2 Å². The molecular formula is C17H21N5O2S. The minimum absolute atomic E-state index is 0.194. The molecule has 3 rings (SSSR count). The van der Waals surface area contributed by atoms with Crippen LogP contribution in [0.3, 0.4) is 0 Å². The van der Waals surface area contributed by atoms with E-state index in [-0.39, 0.29) is 11.9 Å². The third kappa shape index (κ3) is 3.68. The summed E-state index contributed by atoms with van der Waals surface area (Å²) >= 11 is 1.49. The Morgan fingerprint density at radius 2 is 1.88 bits per heavy atom. The van der Waals surface area contributed by atoms with Crippen LogP contribution in [-0.4, -0.2) is 49.4 Å². The molecule has 8 heteroatoms. The molecule has 1 aliphatic rings. The maximum Gasteiger partial charge on any atom is 0.325 e. The molecule has 0 bridgehead atoms. The van der Waals surface area contributed by atoms with E-state index in [1.807, 2.05) is 29.7 Å². The standard InChI is InChI=1S/C17H21N5O2S/c1-12-19-20-16(22(12)11-13-7-5-4-6-8-13)25-10-9-21-14(23)17(2,3)18-15(21)24/h4-8H,9-11H2,1-3H3,(H,18,24). The maximum atomic E-state index is 12.2. The van der Waals surface area contributed by atoms with E-state index in [0.29, 0.717) is 18.8 Å². The van der Waals surface area contributed by atoms with Gasteiger partial charge in [-0.1, -0.05) is 42.1 Å². The van der Waals surface area contributed by atoms with Crippen molar-refractivity contribution in [3.63, 3.8) is 0 Å². The van der Waals surface area contributed by atoms with Crippen molar-refractivity contribution >= 4 is 23.7 Å². The Balaban J connectivity index is 1.63. The van der Waals surface area contributed by atoms with E-state index in [9.17, 15) is 9.59 Å². The summed E-state index contributed by atoms with van der Waals surface area (Å²) in [5, 5.41) is 11.8. The number of rotatable bonds is 6. The molecule has 1 aromatic carbocycles. The van der Waals surface area contributed by atoms with Gasteiger partial charge in [-0.25, -0.2) is 4.79 Å². The van der Waals surface area contributed by atoms with Crippen LogP contribution < -0.4 is 5.32 Å². The zero-order chi connectivity index (χ0) is 18.0. The minimum Gasteiger partial charge on any atom is -0.324 e. The zero-order valence-electron chi connectivity index (χ0n) is 14.5. The molecule has 0 spiro atoms.